The minimum Gasteiger partial charge on any atom is -0.399 e. The van der Waals surface area contributed by atoms with Gasteiger partial charge >= 0.3 is 0 Å². The Kier molecular flexibility index (Phi) is 4.53. The molecule has 1 aliphatic carbocycles. The molecular weight excluding hydrogens is 262 g/mol. The van der Waals surface area contributed by atoms with Gasteiger partial charge in [-0.3, -0.25) is 0 Å². The maximum Gasteiger partial charge on any atom is 0.231 e. The summed E-state index contributed by atoms with van der Waals surface area (Å²) in [6.45, 7) is 0. The van der Waals surface area contributed by atoms with Gasteiger partial charge in [0.25, 0.3) is 0 Å². The van der Waals surface area contributed by atoms with Crippen molar-refractivity contribution in [1.82, 2.24) is 10.1 Å². The zero-order valence-electron chi connectivity index (χ0n) is 12.4. The van der Waals surface area contributed by atoms with Gasteiger partial charge in [0.1, 0.15) is 0 Å². The van der Waals surface area contributed by atoms with E-state index in [-0.39, 0.29) is 0 Å². The molecule has 3 rings (SSSR count). The summed E-state index contributed by atoms with van der Waals surface area (Å²) in [6.07, 6.45) is 9.65. The van der Waals surface area contributed by atoms with Crippen LogP contribution in [0.2, 0.25) is 0 Å². The van der Waals surface area contributed by atoms with Crippen molar-refractivity contribution in [3.05, 3.63) is 41.5 Å². The third-order valence-corrected chi connectivity index (χ3v) is 4.26. The van der Waals surface area contributed by atoms with Crippen molar-refractivity contribution < 1.29 is 4.52 Å². The lowest BCUT2D eigenvalue weighted by Gasteiger charge is -2.15. The average Bonchev–Trinajstić information content (AvgIpc) is 2.86. The van der Waals surface area contributed by atoms with E-state index in [1.165, 1.54) is 44.9 Å². The van der Waals surface area contributed by atoms with Gasteiger partial charge in [0.05, 0.1) is 6.42 Å². The predicted octanol–water partition coefficient (Wildman–Crippen LogP) is 4.07. The second kappa shape index (κ2) is 6.74. The molecule has 4 heteroatoms. The topological polar surface area (TPSA) is 64.9 Å². The largest absolute Gasteiger partial charge is 0.399 e. The molecule has 1 aromatic heterocycles. The van der Waals surface area contributed by atoms with Crippen molar-refractivity contribution in [3.63, 3.8) is 0 Å². The van der Waals surface area contributed by atoms with Crippen LogP contribution in [0.15, 0.2) is 28.8 Å². The first-order valence-electron chi connectivity index (χ1n) is 7.98. The smallest absolute Gasteiger partial charge is 0.231 e. The van der Waals surface area contributed by atoms with Crippen molar-refractivity contribution in [3.8, 4) is 0 Å². The second-order valence-electron chi connectivity index (χ2n) is 6.01. The van der Waals surface area contributed by atoms with Gasteiger partial charge in [-0.25, -0.2) is 0 Å². The van der Waals surface area contributed by atoms with Gasteiger partial charge in [0.2, 0.25) is 5.89 Å². The predicted molar refractivity (Wildman–Crippen MR) is 83.0 cm³/mol. The number of aromatic nitrogens is 2. The maximum absolute atomic E-state index is 5.80. The minimum atomic E-state index is 0.476. The number of benzene rings is 1. The van der Waals surface area contributed by atoms with E-state index in [2.05, 4.69) is 10.1 Å². The summed E-state index contributed by atoms with van der Waals surface area (Å²) in [4.78, 5) is 4.61. The molecule has 0 spiro atoms. The molecule has 2 N–H and O–H groups in total. The summed E-state index contributed by atoms with van der Waals surface area (Å²) in [5, 5.41) is 4.21. The SMILES string of the molecule is Nc1cccc(Cc2nc(C3CCCCCCC3)no2)c1. The first kappa shape index (κ1) is 14.1. The highest BCUT2D eigenvalue weighted by atomic mass is 16.5. The Hall–Kier alpha value is -1.84. The molecule has 21 heavy (non-hydrogen) atoms. The van der Waals surface area contributed by atoms with Crippen LogP contribution in [-0.2, 0) is 6.42 Å². The molecule has 1 heterocycles. The van der Waals surface area contributed by atoms with Gasteiger partial charge in [-0.2, -0.15) is 4.98 Å². The number of nitrogen functional groups attached to an aromatic ring is 1. The van der Waals surface area contributed by atoms with Crippen molar-refractivity contribution in [1.29, 1.82) is 0 Å². The van der Waals surface area contributed by atoms with E-state index < -0.39 is 0 Å². The zero-order valence-corrected chi connectivity index (χ0v) is 12.4. The first-order valence-corrected chi connectivity index (χ1v) is 7.98. The number of hydrogen-bond acceptors (Lipinski definition) is 4. The quantitative estimate of drug-likeness (QED) is 0.863. The third-order valence-electron chi connectivity index (χ3n) is 4.26. The van der Waals surface area contributed by atoms with Gasteiger partial charge in [-0.1, -0.05) is 49.4 Å². The normalized spacial score (nSPS) is 17.3. The van der Waals surface area contributed by atoms with Crippen LogP contribution in [0.3, 0.4) is 0 Å². The summed E-state index contributed by atoms with van der Waals surface area (Å²) in [6, 6.07) is 7.84. The fourth-order valence-electron chi connectivity index (χ4n) is 3.10. The van der Waals surface area contributed by atoms with Gasteiger partial charge in [0.15, 0.2) is 5.82 Å². The molecule has 0 saturated heterocycles. The molecule has 112 valence electrons. The lowest BCUT2D eigenvalue weighted by atomic mass is 9.91. The molecule has 0 bridgehead atoms. The van der Waals surface area contributed by atoms with Crippen molar-refractivity contribution in [2.75, 3.05) is 5.73 Å². The molecule has 0 atom stereocenters. The van der Waals surface area contributed by atoms with Crippen molar-refractivity contribution in [2.45, 2.75) is 57.3 Å². The van der Waals surface area contributed by atoms with Crippen molar-refractivity contribution >= 4 is 5.69 Å². The Morgan fingerprint density at radius 1 is 1.10 bits per heavy atom. The lowest BCUT2D eigenvalue weighted by Crippen LogP contribution is -2.04. The highest BCUT2D eigenvalue weighted by molar-refractivity contribution is 5.41. The van der Waals surface area contributed by atoms with Gasteiger partial charge < -0.3 is 10.3 Å². The molecule has 1 fully saturated rings. The molecule has 0 unspecified atom stereocenters. The number of hydrogen-bond donors (Lipinski definition) is 1. The van der Waals surface area contributed by atoms with Gasteiger partial charge in [0, 0.05) is 11.6 Å². The van der Waals surface area contributed by atoms with E-state index in [9.17, 15) is 0 Å². The zero-order chi connectivity index (χ0) is 14.5. The summed E-state index contributed by atoms with van der Waals surface area (Å²) < 4.78 is 5.43. The minimum absolute atomic E-state index is 0.476. The number of nitrogens with zero attached hydrogens (tertiary/aromatic N) is 2. The molecule has 2 aromatic rings. The molecule has 1 aromatic carbocycles. The van der Waals surface area contributed by atoms with E-state index in [0.717, 1.165) is 17.1 Å². The third kappa shape index (κ3) is 3.84. The van der Waals surface area contributed by atoms with Crippen LogP contribution in [-0.4, -0.2) is 10.1 Å². The van der Waals surface area contributed by atoms with Crippen LogP contribution in [0.25, 0.3) is 0 Å². The maximum atomic E-state index is 5.80. The van der Waals surface area contributed by atoms with Crippen LogP contribution in [0.5, 0.6) is 0 Å². The fraction of sp³-hybridized carbons (Fsp3) is 0.529. The standard InChI is InChI=1S/C17H23N3O/c18-15-10-6-7-13(11-15)12-16-19-17(20-21-16)14-8-4-2-1-3-5-9-14/h6-7,10-11,14H,1-5,8-9,12,18H2. The molecule has 0 radical (unpaired) electrons. The Balaban J connectivity index is 1.67. The second-order valence-corrected chi connectivity index (χ2v) is 6.01. The summed E-state index contributed by atoms with van der Waals surface area (Å²) in [7, 11) is 0. The lowest BCUT2D eigenvalue weighted by molar-refractivity contribution is 0.366. The highest BCUT2D eigenvalue weighted by Gasteiger charge is 2.19. The summed E-state index contributed by atoms with van der Waals surface area (Å²) >= 11 is 0. The molecule has 1 saturated carbocycles. The Bertz CT molecular complexity index is 571. The number of anilines is 1. The Labute approximate surface area is 125 Å². The number of nitrogens with two attached hydrogens (primary N) is 1. The number of rotatable bonds is 3. The molecular formula is C17H23N3O. The van der Waals surface area contributed by atoms with E-state index in [0.29, 0.717) is 18.2 Å². The van der Waals surface area contributed by atoms with E-state index in [4.69, 9.17) is 10.3 Å². The van der Waals surface area contributed by atoms with Crippen LogP contribution in [0, 0.1) is 0 Å². The van der Waals surface area contributed by atoms with Gasteiger partial charge in [-0.05, 0) is 30.5 Å². The van der Waals surface area contributed by atoms with E-state index in [1.807, 2.05) is 24.3 Å². The average molecular weight is 285 g/mol. The molecule has 4 nitrogen and oxygen atoms in total. The Morgan fingerprint density at radius 3 is 2.62 bits per heavy atom. The monoisotopic (exact) mass is 285 g/mol. The van der Waals surface area contributed by atoms with Gasteiger partial charge in [-0.15, -0.1) is 0 Å². The summed E-state index contributed by atoms with van der Waals surface area (Å²) in [5.41, 5.74) is 7.68. The highest BCUT2D eigenvalue weighted by Crippen LogP contribution is 2.29. The first-order chi connectivity index (χ1) is 10.3. The van der Waals surface area contributed by atoms with Crippen LogP contribution < -0.4 is 5.73 Å². The molecule has 1 aliphatic rings. The van der Waals surface area contributed by atoms with E-state index in [1.54, 1.807) is 0 Å². The Morgan fingerprint density at radius 2 is 1.86 bits per heavy atom. The molecule has 0 aliphatic heterocycles. The van der Waals surface area contributed by atoms with Crippen LogP contribution in [0.1, 0.15) is 68.1 Å². The van der Waals surface area contributed by atoms with Crippen LogP contribution in [0.4, 0.5) is 5.69 Å². The molecule has 0 amide bonds. The fourth-order valence-corrected chi connectivity index (χ4v) is 3.10. The van der Waals surface area contributed by atoms with E-state index >= 15 is 0 Å². The van der Waals surface area contributed by atoms with Crippen LogP contribution >= 0.6 is 0 Å². The summed E-state index contributed by atoms with van der Waals surface area (Å²) in [5.74, 6) is 2.07. The van der Waals surface area contributed by atoms with Crippen molar-refractivity contribution in [2.24, 2.45) is 0 Å².